The van der Waals surface area contributed by atoms with E-state index in [0.29, 0.717) is 50.4 Å². The van der Waals surface area contributed by atoms with Gasteiger partial charge in [0.05, 0.1) is 48.1 Å². The average Bonchev–Trinajstić information content (AvgIpc) is 3.64. The molecular weight excluding hydrogens is 945 g/mol. The van der Waals surface area contributed by atoms with Crippen LogP contribution >= 0.6 is 23.5 Å². The summed E-state index contributed by atoms with van der Waals surface area (Å²) in [6, 6.07) is 15.3. The Labute approximate surface area is 428 Å². The maximum absolute atomic E-state index is 14.4. The van der Waals surface area contributed by atoms with Crippen LogP contribution in [0.5, 0.6) is 0 Å². The Bertz CT molecular complexity index is 2100. The van der Waals surface area contributed by atoms with Crippen LogP contribution in [-0.4, -0.2) is 145 Å². The first kappa shape index (κ1) is 55.9. The van der Waals surface area contributed by atoms with Crippen LogP contribution in [0.4, 0.5) is 4.79 Å². The highest BCUT2D eigenvalue weighted by molar-refractivity contribution is 8.00. The lowest BCUT2D eigenvalue weighted by Gasteiger charge is -2.35. The predicted molar refractivity (Wildman–Crippen MR) is 277 cm³/mol. The first-order valence-corrected chi connectivity index (χ1v) is 27.4. The summed E-state index contributed by atoms with van der Waals surface area (Å²) >= 11 is 3.31. The molecule has 2 aromatic carbocycles. The Balaban J connectivity index is 0.961. The number of ether oxygens (including phenoxy) is 3. The summed E-state index contributed by atoms with van der Waals surface area (Å²) in [5, 5.41) is 17.6. The maximum Gasteiger partial charge on any atom is 0.409 e. The van der Waals surface area contributed by atoms with E-state index in [0.717, 1.165) is 36.8 Å². The minimum atomic E-state index is -0.831. The summed E-state index contributed by atoms with van der Waals surface area (Å²) in [6.07, 6.45) is 4.22. The molecule has 6 rings (SSSR count). The van der Waals surface area contributed by atoms with E-state index < -0.39 is 65.4 Å². The Hall–Kier alpha value is -4.40. The quantitative estimate of drug-likeness (QED) is 0.0790. The Kier molecular flexibility index (Phi) is 20.5. The van der Waals surface area contributed by atoms with E-state index in [1.807, 2.05) is 88.4 Å². The fourth-order valence-electron chi connectivity index (χ4n) is 9.76. The third-order valence-corrected chi connectivity index (χ3v) is 16.7. The number of benzene rings is 2. The van der Waals surface area contributed by atoms with Gasteiger partial charge < -0.3 is 51.0 Å². The number of amides is 6. The molecule has 71 heavy (non-hydrogen) atoms. The molecule has 0 bridgehead atoms. The van der Waals surface area contributed by atoms with Crippen molar-refractivity contribution in [3.05, 3.63) is 71.8 Å². The molecule has 19 heteroatoms. The summed E-state index contributed by atoms with van der Waals surface area (Å²) in [5.41, 5.74) is 0.742. The highest BCUT2D eigenvalue weighted by Gasteiger charge is 2.56. The second-order valence-corrected chi connectivity index (χ2v) is 23.1. The lowest BCUT2D eigenvalue weighted by Crippen LogP contribution is -2.58. The van der Waals surface area contributed by atoms with Crippen LogP contribution in [0.25, 0.3) is 0 Å². The van der Waals surface area contributed by atoms with Crippen molar-refractivity contribution in [3.8, 4) is 0 Å². The van der Waals surface area contributed by atoms with Gasteiger partial charge in [-0.15, -0.1) is 23.5 Å². The molecule has 0 radical (unpaired) electrons. The molecule has 0 spiro atoms. The molecule has 10 atom stereocenters. The SMILES string of the molecule is CN[C@@H](C)C(=O)N[C@H]1CCS[C@H]2CC(C)(C)C(OC(=O)N[C@H](COCCCCCCOC[C@@H](NC(=O)[C@H]3N4C(=O)[C@@H](NC(=O)[C@H](C)NC)CCS[C@H]4CC3(C)C)c3ccccc3)c3ccccc3)N2C1=O. The van der Waals surface area contributed by atoms with Gasteiger partial charge in [0, 0.05) is 18.6 Å². The molecule has 0 saturated carbocycles. The molecule has 4 aliphatic heterocycles. The Morgan fingerprint density at radius 3 is 1.59 bits per heavy atom. The van der Waals surface area contributed by atoms with Gasteiger partial charge in [-0.05, 0) is 94.5 Å². The summed E-state index contributed by atoms with van der Waals surface area (Å²) < 4.78 is 18.5. The summed E-state index contributed by atoms with van der Waals surface area (Å²) in [6.45, 7) is 13.0. The minimum absolute atomic E-state index is 0.166. The van der Waals surface area contributed by atoms with Gasteiger partial charge in [-0.1, -0.05) is 101 Å². The average molecular weight is 1020 g/mol. The molecule has 4 fully saturated rings. The van der Waals surface area contributed by atoms with Crippen molar-refractivity contribution in [3.63, 3.8) is 0 Å². The predicted octanol–water partition coefficient (Wildman–Crippen LogP) is 5.23. The lowest BCUT2D eigenvalue weighted by atomic mass is 9.83. The molecule has 392 valence electrons. The van der Waals surface area contributed by atoms with Crippen molar-refractivity contribution in [1.29, 1.82) is 0 Å². The van der Waals surface area contributed by atoms with Gasteiger partial charge in [0.25, 0.3) is 0 Å². The molecule has 4 heterocycles. The first-order valence-electron chi connectivity index (χ1n) is 25.3. The summed E-state index contributed by atoms with van der Waals surface area (Å²) in [7, 11) is 3.40. The van der Waals surface area contributed by atoms with E-state index in [-0.39, 0.29) is 53.5 Å². The molecule has 4 saturated heterocycles. The molecule has 0 aromatic heterocycles. The molecule has 6 amide bonds. The van der Waals surface area contributed by atoms with E-state index in [2.05, 4.69) is 31.9 Å². The van der Waals surface area contributed by atoms with Crippen molar-refractivity contribution >= 4 is 59.2 Å². The monoisotopic (exact) mass is 1020 g/mol. The second kappa shape index (κ2) is 26.0. The number of likely N-dealkylation sites (N-methyl/N-ethyl adjacent to an activating group) is 2. The van der Waals surface area contributed by atoms with Crippen LogP contribution in [0.2, 0.25) is 0 Å². The largest absolute Gasteiger partial charge is 0.425 e. The van der Waals surface area contributed by atoms with Gasteiger partial charge >= 0.3 is 6.09 Å². The number of unbranched alkanes of at least 4 members (excludes halogenated alkanes) is 3. The maximum atomic E-state index is 14.4. The van der Waals surface area contributed by atoms with Gasteiger partial charge in [-0.25, -0.2) is 4.79 Å². The van der Waals surface area contributed by atoms with E-state index in [1.165, 1.54) is 0 Å². The zero-order chi connectivity index (χ0) is 51.3. The van der Waals surface area contributed by atoms with Gasteiger partial charge in [0.2, 0.25) is 29.5 Å². The number of nitrogens with zero attached hydrogens (tertiary/aromatic N) is 2. The normalized spacial score (nSPS) is 25.4. The van der Waals surface area contributed by atoms with Crippen molar-refractivity contribution in [2.75, 3.05) is 52.0 Å². The van der Waals surface area contributed by atoms with Crippen molar-refractivity contribution in [2.24, 2.45) is 10.8 Å². The number of alkyl carbamates (subject to hydrolysis) is 1. The zero-order valence-electron chi connectivity index (χ0n) is 42.8. The van der Waals surface area contributed by atoms with Gasteiger partial charge in [-0.2, -0.15) is 0 Å². The van der Waals surface area contributed by atoms with E-state index in [4.69, 9.17) is 14.2 Å². The Morgan fingerprint density at radius 1 is 0.648 bits per heavy atom. The number of carbonyl (C=O) groups is 6. The highest BCUT2D eigenvalue weighted by Crippen LogP contribution is 2.48. The van der Waals surface area contributed by atoms with Crippen LogP contribution in [0.15, 0.2) is 60.7 Å². The first-order chi connectivity index (χ1) is 33.9. The smallest absolute Gasteiger partial charge is 0.409 e. The molecule has 4 aliphatic rings. The zero-order valence-corrected chi connectivity index (χ0v) is 44.5. The lowest BCUT2D eigenvalue weighted by molar-refractivity contribution is -0.146. The molecule has 6 N–H and O–H groups in total. The summed E-state index contributed by atoms with van der Waals surface area (Å²) in [4.78, 5) is 85.1. The van der Waals surface area contributed by atoms with Crippen molar-refractivity contribution in [2.45, 2.75) is 152 Å². The summed E-state index contributed by atoms with van der Waals surface area (Å²) in [5.74, 6) is 0.165. The van der Waals surface area contributed by atoms with Crippen molar-refractivity contribution in [1.82, 2.24) is 41.7 Å². The standard InChI is InChI=1S/C52H78N8O9S2/c1-33(53-7)44(61)55-37-23-27-70-41-29-51(3,4)43(59(41)47(37)64)46(63)57-39(35-19-13-11-14-20-35)31-67-25-17-9-10-18-26-68-32-40(36-21-15-12-16-22-36)58-50(66)69-49-52(5,6)30-42-60(49)48(65)38(24-28-71-42)56-45(62)34(2)54-8/h11-16,19-22,33-34,37-43,49,53-54H,9-10,17-18,23-32H2,1-8H3,(H,55,61)(H,56,62)(H,57,63)(H,58,66)/t33-,34-,37-,38-,39+,40+,41-,42-,43+,49?/m0/s1. The number of carbonyl (C=O) groups excluding carboxylic acids is 6. The fourth-order valence-corrected chi connectivity index (χ4v) is 12.9. The van der Waals surface area contributed by atoms with Crippen molar-refractivity contribution < 1.29 is 43.0 Å². The van der Waals surface area contributed by atoms with E-state index in [1.54, 1.807) is 61.3 Å². The number of rotatable bonds is 23. The van der Waals surface area contributed by atoms with Crippen LogP contribution in [0.1, 0.15) is 116 Å². The van der Waals surface area contributed by atoms with Crippen LogP contribution in [0, 0.1) is 10.8 Å². The molecular formula is C52H78N8O9S2. The van der Waals surface area contributed by atoms with Crippen LogP contribution in [0.3, 0.4) is 0 Å². The molecule has 2 aromatic rings. The molecule has 17 nitrogen and oxygen atoms in total. The van der Waals surface area contributed by atoms with Crippen LogP contribution < -0.4 is 31.9 Å². The van der Waals surface area contributed by atoms with Crippen LogP contribution in [-0.2, 0) is 38.2 Å². The second-order valence-electron chi connectivity index (χ2n) is 20.6. The third kappa shape index (κ3) is 14.6. The topological polar surface area (TPSA) is 209 Å². The number of fused-ring (bicyclic) bond motifs is 2. The Morgan fingerprint density at radius 2 is 1.10 bits per heavy atom. The van der Waals surface area contributed by atoms with E-state index in [9.17, 15) is 28.8 Å². The fraction of sp³-hybridized carbons (Fsp3) is 0.654. The highest BCUT2D eigenvalue weighted by atomic mass is 32.2. The number of thioether (sulfide) groups is 2. The van der Waals surface area contributed by atoms with E-state index >= 15 is 0 Å². The number of hydrogen-bond acceptors (Lipinski definition) is 13. The van der Waals surface area contributed by atoms with Gasteiger partial charge in [0.15, 0.2) is 6.23 Å². The minimum Gasteiger partial charge on any atom is -0.425 e. The molecule has 0 aliphatic carbocycles. The molecule has 1 unspecified atom stereocenters. The third-order valence-electron chi connectivity index (χ3n) is 14.2. The number of hydrogen-bond donors (Lipinski definition) is 6. The van der Waals surface area contributed by atoms with Gasteiger partial charge in [-0.3, -0.25) is 28.9 Å². The number of nitrogens with one attached hydrogen (secondary N) is 6. The van der Waals surface area contributed by atoms with Gasteiger partial charge in [0.1, 0.15) is 18.1 Å².